The summed E-state index contributed by atoms with van der Waals surface area (Å²) in [7, 11) is 1.56. The molecule has 0 aliphatic carbocycles. The van der Waals surface area contributed by atoms with E-state index < -0.39 is 17.5 Å². The molecule has 4 heteroatoms. The molecule has 0 N–H and O–H groups in total. The molecule has 0 aliphatic heterocycles. The minimum absolute atomic E-state index is 0.271. The lowest BCUT2D eigenvalue weighted by Crippen LogP contribution is -2.14. The van der Waals surface area contributed by atoms with Gasteiger partial charge in [-0.15, -0.1) is 0 Å². The fourth-order valence-electron chi connectivity index (χ4n) is 2.48. The van der Waals surface area contributed by atoms with Gasteiger partial charge < -0.3 is 4.90 Å². The Labute approximate surface area is 120 Å². The number of rotatable bonds is 2. The molecule has 1 nitrogen and oxygen atoms in total. The standard InChI is InChI=1S/C17H12F3N/c1-21(17-14(19)9-12(18)10-15(17)20)16-8-4-6-11-5-2-3-7-13(11)16/h2-10H,1H3. The molecule has 3 rings (SSSR count). The Balaban J connectivity index is 2.20. The topological polar surface area (TPSA) is 3.24 Å². The van der Waals surface area contributed by atoms with Crippen molar-refractivity contribution >= 4 is 22.1 Å². The van der Waals surface area contributed by atoms with Gasteiger partial charge in [-0.1, -0.05) is 36.4 Å². The Hall–Kier alpha value is -2.49. The summed E-state index contributed by atoms with van der Waals surface area (Å²) in [5, 5.41) is 1.83. The van der Waals surface area contributed by atoms with Crippen LogP contribution in [0.15, 0.2) is 54.6 Å². The van der Waals surface area contributed by atoms with Crippen molar-refractivity contribution in [3.63, 3.8) is 0 Å². The molecule has 0 aliphatic rings. The average Bonchev–Trinajstić information content (AvgIpc) is 2.45. The van der Waals surface area contributed by atoms with Gasteiger partial charge >= 0.3 is 0 Å². The minimum atomic E-state index is -0.930. The van der Waals surface area contributed by atoms with Crippen LogP contribution in [0.25, 0.3) is 10.8 Å². The van der Waals surface area contributed by atoms with Gasteiger partial charge in [0.2, 0.25) is 0 Å². The third-order valence-corrected chi connectivity index (χ3v) is 3.45. The summed E-state index contributed by atoms with van der Waals surface area (Å²) in [6, 6.07) is 14.4. The highest BCUT2D eigenvalue weighted by Crippen LogP contribution is 2.34. The molecule has 0 atom stereocenters. The largest absolute Gasteiger partial charge is 0.339 e. The number of anilines is 2. The van der Waals surface area contributed by atoms with E-state index in [4.69, 9.17) is 0 Å². The van der Waals surface area contributed by atoms with Gasteiger partial charge in [0.25, 0.3) is 0 Å². The summed E-state index contributed by atoms with van der Waals surface area (Å²) in [6.07, 6.45) is 0. The van der Waals surface area contributed by atoms with E-state index in [9.17, 15) is 13.2 Å². The first kappa shape index (κ1) is 13.5. The van der Waals surface area contributed by atoms with Gasteiger partial charge in [0.15, 0.2) is 11.6 Å². The maximum absolute atomic E-state index is 13.9. The number of nitrogens with zero attached hydrogens (tertiary/aromatic N) is 1. The Morgan fingerprint density at radius 2 is 1.43 bits per heavy atom. The molecule has 0 spiro atoms. The quantitative estimate of drug-likeness (QED) is 0.639. The molecule has 21 heavy (non-hydrogen) atoms. The van der Waals surface area contributed by atoms with Crippen molar-refractivity contribution in [1.82, 2.24) is 0 Å². The number of halogens is 3. The monoisotopic (exact) mass is 287 g/mol. The summed E-state index contributed by atoms with van der Waals surface area (Å²) in [4.78, 5) is 1.40. The zero-order chi connectivity index (χ0) is 15.0. The van der Waals surface area contributed by atoms with E-state index in [2.05, 4.69) is 0 Å². The van der Waals surface area contributed by atoms with Gasteiger partial charge in [0, 0.05) is 30.3 Å². The number of benzene rings is 3. The molecular weight excluding hydrogens is 275 g/mol. The van der Waals surface area contributed by atoms with Crippen LogP contribution in [-0.2, 0) is 0 Å². The van der Waals surface area contributed by atoms with Crippen LogP contribution in [0.2, 0.25) is 0 Å². The van der Waals surface area contributed by atoms with Crippen LogP contribution >= 0.6 is 0 Å². The van der Waals surface area contributed by atoms with Crippen molar-refractivity contribution in [3.05, 3.63) is 72.0 Å². The van der Waals surface area contributed by atoms with E-state index in [1.54, 1.807) is 13.1 Å². The lowest BCUT2D eigenvalue weighted by Gasteiger charge is -2.22. The molecule has 0 aromatic heterocycles. The molecule has 0 bridgehead atoms. The normalized spacial score (nSPS) is 10.9. The van der Waals surface area contributed by atoms with E-state index in [1.807, 2.05) is 36.4 Å². The zero-order valence-corrected chi connectivity index (χ0v) is 11.3. The van der Waals surface area contributed by atoms with Crippen LogP contribution in [0, 0.1) is 17.5 Å². The van der Waals surface area contributed by atoms with Gasteiger partial charge in [-0.3, -0.25) is 0 Å². The van der Waals surface area contributed by atoms with Crippen molar-refractivity contribution < 1.29 is 13.2 Å². The molecule has 0 saturated heterocycles. The number of hydrogen-bond acceptors (Lipinski definition) is 1. The first-order valence-corrected chi connectivity index (χ1v) is 6.44. The van der Waals surface area contributed by atoms with Crippen molar-refractivity contribution in [2.45, 2.75) is 0 Å². The first-order valence-electron chi connectivity index (χ1n) is 6.44. The van der Waals surface area contributed by atoms with Crippen molar-refractivity contribution in [2.75, 3.05) is 11.9 Å². The molecule has 0 unspecified atom stereocenters. The Morgan fingerprint density at radius 1 is 0.810 bits per heavy atom. The van der Waals surface area contributed by atoms with Crippen molar-refractivity contribution in [2.24, 2.45) is 0 Å². The zero-order valence-electron chi connectivity index (χ0n) is 11.3. The van der Waals surface area contributed by atoms with E-state index in [-0.39, 0.29) is 5.69 Å². The maximum Gasteiger partial charge on any atom is 0.152 e. The second kappa shape index (κ2) is 5.13. The smallest absolute Gasteiger partial charge is 0.152 e. The highest BCUT2D eigenvalue weighted by Gasteiger charge is 2.18. The second-order valence-electron chi connectivity index (χ2n) is 4.78. The second-order valence-corrected chi connectivity index (χ2v) is 4.78. The van der Waals surface area contributed by atoms with Crippen molar-refractivity contribution in [1.29, 1.82) is 0 Å². The van der Waals surface area contributed by atoms with Crippen LogP contribution in [0.1, 0.15) is 0 Å². The predicted octanol–water partition coefficient (Wildman–Crippen LogP) is 5.03. The number of fused-ring (bicyclic) bond motifs is 1. The summed E-state index contributed by atoms with van der Waals surface area (Å²) in [5.41, 5.74) is 0.380. The lowest BCUT2D eigenvalue weighted by atomic mass is 10.1. The molecule has 0 saturated carbocycles. The maximum atomic E-state index is 13.9. The molecule has 0 amide bonds. The fourth-order valence-corrected chi connectivity index (χ4v) is 2.48. The van der Waals surface area contributed by atoms with Gasteiger partial charge in [0.1, 0.15) is 11.5 Å². The molecule has 0 fully saturated rings. The lowest BCUT2D eigenvalue weighted by molar-refractivity contribution is 0.544. The minimum Gasteiger partial charge on any atom is -0.339 e. The molecule has 3 aromatic carbocycles. The predicted molar refractivity (Wildman–Crippen MR) is 78.3 cm³/mol. The third-order valence-electron chi connectivity index (χ3n) is 3.45. The summed E-state index contributed by atoms with van der Waals surface area (Å²) < 4.78 is 40.9. The Kier molecular flexibility index (Phi) is 3.29. The average molecular weight is 287 g/mol. The van der Waals surface area contributed by atoms with E-state index >= 15 is 0 Å². The van der Waals surface area contributed by atoms with E-state index in [0.717, 1.165) is 10.8 Å². The first-order chi connectivity index (χ1) is 10.1. The van der Waals surface area contributed by atoms with Gasteiger partial charge in [-0.25, -0.2) is 13.2 Å². The third kappa shape index (κ3) is 2.33. The Bertz CT molecular complexity index is 786. The fraction of sp³-hybridized carbons (Fsp3) is 0.0588. The molecule has 0 heterocycles. The van der Waals surface area contributed by atoms with E-state index in [1.165, 1.54) is 4.90 Å². The van der Waals surface area contributed by atoms with Crippen LogP contribution in [0.5, 0.6) is 0 Å². The molecule has 106 valence electrons. The Morgan fingerprint density at radius 3 is 2.14 bits per heavy atom. The molecule has 0 radical (unpaired) electrons. The summed E-state index contributed by atoms with van der Waals surface area (Å²) in [6.45, 7) is 0. The highest BCUT2D eigenvalue weighted by molar-refractivity contribution is 5.96. The van der Waals surface area contributed by atoms with Gasteiger partial charge in [-0.2, -0.15) is 0 Å². The van der Waals surface area contributed by atoms with Crippen LogP contribution in [-0.4, -0.2) is 7.05 Å². The van der Waals surface area contributed by atoms with Gasteiger partial charge in [0.05, 0.1) is 0 Å². The molecule has 3 aromatic rings. The van der Waals surface area contributed by atoms with Gasteiger partial charge in [-0.05, 0) is 11.5 Å². The highest BCUT2D eigenvalue weighted by atomic mass is 19.1. The molecular formula is C17H12F3N. The van der Waals surface area contributed by atoms with Crippen molar-refractivity contribution in [3.8, 4) is 0 Å². The summed E-state index contributed by atoms with van der Waals surface area (Å²) in [5.74, 6) is -2.79. The SMILES string of the molecule is CN(c1c(F)cc(F)cc1F)c1cccc2ccccc12. The van der Waals surface area contributed by atoms with Crippen LogP contribution in [0.4, 0.5) is 24.5 Å². The van der Waals surface area contributed by atoms with E-state index in [0.29, 0.717) is 17.8 Å². The number of hydrogen-bond donors (Lipinski definition) is 0. The van der Waals surface area contributed by atoms with Crippen LogP contribution in [0.3, 0.4) is 0 Å². The van der Waals surface area contributed by atoms with Crippen LogP contribution < -0.4 is 4.90 Å². The summed E-state index contributed by atoms with van der Waals surface area (Å²) >= 11 is 0.